The second-order valence-corrected chi connectivity index (χ2v) is 8.68. The van der Waals surface area contributed by atoms with E-state index in [0.717, 1.165) is 18.5 Å². The Morgan fingerprint density at radius 3 is 2.76 bits per heavy atom. The van der Waals surface area contributed by atoms with Crippen molar-refractivity contribution in [2.75, 3.05) is 20.3 Å². The molecule has 132 valence electrons. The summed E-state index contributed by atoms with van der Waals surface area (Å²) in [7, 11) is 1.81. The number of rotatable bonds is 8. The number of methoxy groups -OCH3 is 1. The number of benzene rings is 2. The summed E-state index contributed by atoms with van der Waals surface area (Å²) in [4.78, 5) is 2.60. The molecule has 1 fully saturated rings. The molecule has 0 saturated carbocycles. The van der Waals surface area contributed by atoms with E-state index >= 15 is 0 Å². The Morgan fingerprint density at radius 1 is 1.12 bits per heavy atom. The van der Waals surface area contributed by atoms with Crippen LogP contribution in [0.15, 0.2) is 60.7 Å². The molecular formula is C22H27NOSe. The monoisotopic (exact) mass is 401 g/mol. The van der Waals surface area contributed by atoms with Crippen LogP contribution in [0.3, 0.4) is 0 Å². The second kappa shape index (κ2) is 9.94. The third-order valence-electron chi connectivity index (χ3n) is 4.65. The van der Waals surface area contributed by atoms with E-state index in [1.54, 1.807) is 0 Å². The number of likely N-dealkylation sites (tertiary alicyclic amines) is 1. The zero-order valence-electron chi connectivity index (χ0n) is 14.9. The molecule has 25 heavy (non-hydrogen) atoms. The van der Waals surface area contributed by atoms with Crippen LogP contribution in [0.2, 0.25) is 5.32 Å². The van der Waals surface area contributed by atoms with Gasteiger partial charge in [-0.05, 0) is 0 Å². The molecule has 1 heterocycles. The van der Waals surface area contributed by atoms with Gasteiger partial charge in [0.05, 0.1) is 0 Å². The number of nitrogens with zero attached hydrogens (tertiary/aromatic N) is 1. The van der Waals surface area contributed by atoms with Crippen molar-refractivity contribution < 1.29 is 4.74 Å². The van der Waals surface area contributed by atoms with Crippen LogP contribution in [0.5, 0.6) is 0 Å². The van der Waals surface area contributed by atoms with Crippen LogP contribution in [-0.2, 0) is 11.3 Å². The molecular weight excluding hydrogens is 373 g/mol. The Hall–Kier alpha value is -1.38. The van der Waals surface area contributed by atoms with E-state index in [1.807, 2.05) is 7.11 Å². The van der Waals surface area contributed by atoms with Crippen LogP contribution < -0.4 is 4.46 Å². The van der Waals surface area contributed by atoms with Gasteiger partial charge in [-0.15, -0.1) is 0 Å². The zero-order chi connectivity index (χ0) is 17.3. The Labute approximate surface area is 158 Å². The summed E-state index contributed by atoms with van der Waals surface area (Å²) in [6.07, 6.45) is 7.11. The Morgan fingerprint density at radius 2 is 1.92 bits per heavy atom. The number of hydrogen-bond acceptors (Lipinski definition) is 2. The van der Waals surface area contributed by atoms with Crippen LogP contribution in [0, 0.1) is 0 Å². The first kappa shape index (κ1) is 18.4. The molecule has 0 aromatic heterocycles. The SMILES string of the molecule is COC[C@@H]1CCCN1Cc1ccccc1[Se]C/C=C/c1ccccc1. The van der Waals surface area contributed by atoms with Gasteiger partial charge in [0, 0.05) is 0 Å². The molecule has 0 radical (unpaired) electrons. The number of allylic oxidation sites excluding steroid dienone is 1. The molecule has 2 aromatic carbocycles. The van der Waals surface area contributed by atoms with Crippen LogP contribution in [0.1, 0.15) is 24.0 Å². The van der Waals surface area contributed by atoms with Crippen LogP contribution in [0.25, 0.3) is 6.08 Å². The van der Waals surface area contributed by atoms with E-state index < -0.39 is 0 Å². The van der Waals surface area contributed by atoms with E-state index in [9.17, 15) is 0 Å². The predicted molar refractivity (Wildman–Crippen MR) is 107 cm³/mol. The van der Waals surface area contributed by atoms with E-state index in [1.165, 1.54) is 35.0 Å². The minimum absolute atomic E-state index is 0.484. The first-order valence-corrected chi connectivity index (χ1v) is 11.1. The minimum atomic E-state index is 0.484. The first-order chi connectivity index (χ1) is 12.4. The fourth-order valence-corrected chi connectivity index (χ4v) is 5.18. The molecule has 1 aliphatic heterocycles. The maximum absolute atomic E-state index is 5.40. The van der Waals surface area contributed by atoms with Gasteiger partial charge >= 0.3 is 158 Å². The fraction of sp³-hybridized carbons (Fsp3) is 0.364. The van der Waals surface area contributed by atoms with Crippen LogP contribution >= 0.6 is 0 Å². The van der Waals surface area contributed by atoms with Crippen molar-refractivity contribution in [1.29, 1.82) is 0 Å². The summed E-state index contributed by atoms with van der Waals surface area (Å²) >= 11 is 0.484. The molecule has 2 aromatic rings. The van der Waals surface area contributed by atoms with E-state index in [0.29, 0.717) is 21.0 Å². The molecule has 1 aliphatic rings. The summed E-state index contributed by atoms with van der Waals surface area (Å²) in [5.74, 6) is 0. The second-order valence-electron chi connectivity index (χ2n) is 6.45. The van der Waals surface area contributed by atoms with Crippen molar-refractivity contribution >= 4 is 25.5 Å². The van der Waals surface area contributed by atoms with Gasteiger partial charge in [-0.2, -0.15) is 0 Å². The summed E-state index contributed by atoms with van der Waals surface area (Å²) < 4.78 is 6.94. The molecule has 1 atom stereocenters. The van der Waals surface area contributed by atoms with Crippen molar-refractivity contribution in [1.82, 2.24) is 4.90 Å². The van der Waals surface area contributed by atoms with Crippen molar-refractivity contribution in [2.24, 2.45) is 0 Å². The molecule has 0 amide bonds. The van der Waals surface area contributed by atoms with Gasteiger partial charge in [0.2, 0.25) is 0 Å². The molecule has 2 nitrogen and oxygen atoms in total. The van der Waals surface area contributed by atoms with Crippen LogP contribution in [0.4, 0.5) is 0 Å². The third kappa shape index (κ3) is 5.55. The summed E-state index contributed by atoms with van der Waals surface area (Å²) in [5, 5.41) is 1.14. The molecule has 3 heteroatoms. The Kier molecular flexibility index (Phi) is 7.32. The van der Waals surface area contributed by atoms with Crippen molar-refractivity contribution in [2.45, 2.75) is 30.7 Å². The standard InChI is InChI=1S/C22H27NOSe/c1-24-18-21-13-7-15-23(21)17-20-12-5-6-14-22(20)25-16-8-11-19-9-3-2-4-10-19/h2-6,8-12,14,21H,7,13,15-18H2,1H3/b11-8+/t21-/m0/s1. The van der Waals surface area contributed by atoms with Gasteiger partial charge in [-0.3, -0.25) is 0 Å². The zero-order valence-corrected chi connectivity index (χ0v) is 16.6. The van der Waals surface area contributed by atoms with Crippen molar-refractivity contribution in [3.8, 4) is 0 Å². The molecule has 0 unspecified atom stereocenters. The first-order valence-electron chi connectivity index (χ1n) is 9.02. The Balaban J connectivity index is 1.58. The van der Waals surface area contributed by atoms with Gasteiger partial charge in [0.25, 0.3) is 0 Å². The number of hydrogen-bond donors (Lipinski definition) is 0. The molecule has 0 spiro atoms. The average Bonchev–Trinajstić information content (AvgIpc) is 3.08. The third-order valence-corrected chi connectivity index (χ3v) is 6.89. The van der Waals surface area contributed by atoms with Gasteiger partial charge in [-0.25, -0.2) is 0 Å². The quantitative estimate of drug-likeness (QED) is 0.626. The van der Waals surface area contributed by atoms with Crippen molar-refractivity contribution in [3.63, 3.8) is 0 Å². The van der Waals surface area contributed by atoms with E-state index in [-0.39, 0.29) is 0 Å². The summed E-state index contributed by atoms with van der Waals surface area (Å²) in [6.45, 7) is 3.12. The van der Waals surface area contributed by atoms with E-state index in [4.69, 9.17) is 4.74 Å². The Bertz CT molecular complexity index is 671. The normalized spacial score (nSPS) is 18.2. The average molecular weight is 400 g/mol. The molecule has 3 rings (SSSR count). The molecule has 1 saturated heterocycles. The number of ether oxygens (including phenoxy) is 1. The fourth-order valence-electron chi connectivity index (χ4n) is 3.36. The van der Waals surface area contributed by atoms with Gasteiger partial charge < -0.3 is 0 Å². The predicted octanol–water partition coefficient (Wildman–Crippen LogP) is 3.76. The van der Waals surface area contributed by atoms with Gasteiger partial charge in [-0.1, -0.05) is 0 Å². The van der Waals surface area contributed by atoms with Gasteiger partial charge in [0.15, 0.2) is 0 Å². The topological polar surface area (TPSA) is 12.5 Å². The summed E-state index contributed by atoms with van der Waals surface area (Å²) in [5.41, 5.74) is 2.78. The van der Waals surface area contributed by atoms with Crippen LogP contribution in [-0.4, -0.2) is 46.2 Å². The molecule has 0 bridgehead atoms. The molecule has 0 N–H and O–H groups in total. The summed E-state index contributed by atoms with van der Waals surface area (Å²) in [6, 6.07) is 20.1. The maximum atomic E-state index is 5.40. The van der Waals surface area contributed by atoms with Gasteiger partial charge in [0.1, 0.15) is 0 Å². The van der Waals surface area contributed by atoms with Crippen molar-refractivity contribution in [3.05, 3.63) is 71.8 Å². The molecule has 0 aliphatic carbocycles. The van der Waals surface area contributed by atoms with E-state index in [2.05, 4.69) is 71.6 Å².